The molecular weight excluding hydrogens is 298 g/mol. The van der Waals surface area contributed by atoms with E-state index in [2.05, 4.69) is 43.4 Å². The average Bonchev–Trinajstić information content (AvgIpc) is 2.57. The maximum absolute atomic E-state index is 12.5. The van der Waals surface area contributed by atoms with Gasteiger partial charge in [-0.1, -0.05) is 35.9 Å². The molecular formula is C20H24N3O+. The van der Waals surface area contributed by atoms with Crippen LogP contribution in [0.5, 0.6) is 0 Å². The van der Waals surface area contributed by atoms with Gasteiger partial charge in [0.25, 0.3) is 5.91 Å². The molecule has 0 radical (unpaired) electrons. The van der Waals surface area contributed by atoms with E-state index < -0.39 is 0 Å². The number of carbonyl (C=O) groups is 1. The molecule has 2 atom stereocenters. The van der Waals surface area contributed by atoms with Crippen molar-refractivity contribution in [1.82, 2.24) is 0 Å². The summed E-state index contributed by atoms with van der Waals surface area (Å²) < 4.78 is 0. The van der Waals surface area contributed by atoms with Gasteiger partial charge in [-0.2, -0.15) is 5.26 Å². The zero-order valence-corrected chi connectivity index (χ0v) is 14.7. The molecule has 2 aromatic carbocycles. The van der Waals surface area contributed by atoms with Crippen molar-refractivity contribution in [2.75, 3.05) is 12.4 Å². The highest BCUT2D eigenvalue weighted by Gasteiger charge is 2.23. The smallest absolute Gasteiger partial charge is 0.282 e. The van der Waals surface area contributed by atoms with Crippen LogP contribution in [0.25, 0.3) is 0 Å². The van der Waals surface area contributed by atoms with Crippen LogP contribution in [0.2, 0.25) is 0 Å². The van der Waals surface area contributed by atoms with Crippen molar-refractivity contribution in [3.05, 3.63) is 64.7 Å². The molecule has 2 N–H and O–H groups in total. The van der Waals surface area contributed by atoms with Gasteiger partial charge in [0, 0.05) is 5.56 Å². The maximum atomic E-state index is 12.5. The minimum absolute atomic E-state index is 0.0834. The Morgan fingerprint density at radius 2 is 1.96 bits per heavy atom. The molecule has 2 aromatic rings. The highest BCUT2D eigenvalue weighted by molar-refractivity contribution is 5.94. The van der Waals surface area contributed by atoms with E-state index in [0.717, 1.165) is 11.4 Å². The van der Waals surface area contributed by atoms with Crippen LogP contribution in [0, 0.1) is 25.2 Å². The standard InChI is InChI=1S/C20H23N3O/c1-14-9-10-18(15(2)11-14)13-23(4)16(3)20(24)22-19-8-6-5-7-17(19)12-21/h5-11,16H,13H2,1-4H3,(H,22,24)/p+1/t16-/m1/s1. The highest BCUT2D eigenvalue weighted by atomic mass is 16.2. The molecule has 0 bridgehead atoms. The molecule has 0 fully saturated rings. The molecule has 0 spiro atoms. The van der Waals surface area contributed by atoms with Gasteiger partial charge in [-0.15, -0.1) is 0 Å². The molecule has 4 nitrogen and oxygen atoms in total. The number of carbonyl (C=O) groups excluding carboxylic acids is 1. The van der Waals surface area contributed by atoms with Crippen molar-refractivity contribution in [2.45, 2.75) is 33.4 Å². The van der Waals surface area contributed by atoms with E-state index >= 15 is 0 Å². The molecule has 0 saturated carbocycles. The number of amides is 1. The van der Waals surface area contributed by atoms with Crippen LogP contribution in [0.15, 0.2) is 42.5 Å². The predicted octanol–water partition coefficient (Wildman–Crippen LogP) is 2.22. The Hall–Kier alpha value is -2.64. The predicted molar refractivity (Wildman–Crippen MR) is 95.8 cm³/mol. The van der Waals surface area contributed by atoms with Crippen molar-refractivity contribution < 1.29 is 9.69 Å². The molecule has 0 aromatic heterocycles. The lowest BCUT2D eigenvalue weighted by atomic mass is 10.0. The third kappa shape index (κ3) is 4.21. The minimum Gasteiger partial charge on any atom is -0.324 e. The fraction of sp³-hybridized carbons (Fsp3) is 0.300. The number of hydrogen-bond acceptors (Lipinski definition) is 2. The summed E-state index contributed by atoms with van der Waals surface area (Å²) in [6, 6.07) is 15.3. The first-order chi connectivity index (χ1) is 11.4. The fourth-order valence-electron chi connectivity index (χ4n) is 2.65. The third-order valence-corrected chi connectivity index (χ3v) is 4.41. The number of nitriles is 1. The van der Waals surface area contributed by atoms with Gasteiger partial charge in [0.05, 0.1) is 18.3 Å². The van der Waals surface area contributed by atoms with Crippen LogP contribution in [0.1, 0.15) is 29.2 Å². The quantitative estimate of drug-likeness (QED) is 0.887. The second-order valence-corrected chi connectivity index (χ2v) is 6.32. The van der Waals surface area contributed by atoms with Crippen LogP contribution in [0.3, 0.4) is 0 Å². The van der Waals surface area contributed by atoms with Crippen LogP contribution < -0.4 is 10.2 Å². The van der Waals surface area contributed by atoms with E-state index in [1.807, 2.05) is 20.0 Å². The SMILES string of the molecule is Cc1ccc(C[NH+](C)[C@H](C)C(=O)Nc2ccccc2C#N)c(C)c1. The Morgan fingerprint density at radius 1 is 1.25 bits per heavy atom. The number of rotatable bonds is 5. The summed E-state index contributed by atoms with van der Waals surface area (Å²) in [5.41, 5.74) is 4.78. The molecule has 24 heavy (non-hydrogen) atoms. The first kappa shape index (κ1) is 17.7. The molecule has 1 amide bonds. The largest absolute Gasteiger partial charge is 0.324 e. The van der Waals surface area contributed by atoms with Crippen LogP contribution in [0.4, 0.5) is 5.69 Å². The number of benzene rings is 2. The van der Waals surface area contributed by atoms with Crippen LogP contribution in [-0.4, -0.2) is 19.0 Å². The number of para-hydroxylation sites is 1. The van der Waals surface area contributed by atoms with Crippen molar-refractivity contribution in [2.24, 2.45) is 0 Å². The van der Waals surface area contributed by atoms with Gasteiger partial charge < -0.3 is 10.2 Å². The van der Waals surface area contributed by atoms with Gasteiger partial charge in [-0.25, -0.2) is 0 Å². The van der Waals surface area contributed by atoms with Gasteiger partial charge in [-0.3, -0.25) is 4.79 Å². The molecule has 124 valence electrons. The van der Waals surface area contributed by atoms with Gasteiger partial charge in [0.1, 0.15) is 12.6 Å². The first-order valence-corrected chi connectivity index (χ1v) is 8.10. The minimum atomic E-state index is -0.225. The van der Waals surface area contributed by atoms with Crippen molar-refractivity contribution >= 4 is 11.6 Å². The topological polar surface area (TPSA) is 57.3 Å². The Kier molecular flexibility index (Phi) is 5.73. The number of nitrogens with one attached hydrogen (secondary N) is 2. The highest BCUT2D eigenvalue weighted by Crippen LogP contribution is 2.13. The summed E-state index contributed by atoms with van der Waals surface area (Å²) in [7, 11) is 2.01. The molecule has 4 heteroatoms. The molecule has 0 saturated heterocycles. The molecule has 0 aliphatic rings. The molecule has 1 unspecified atom stereocenters. The number of nitrogens with zero attached hydrogens (tertiary/aromatic N) is 1. The molecule has 0 aliphatic heterocycles. The second kappa shape index (κ2) is 7.76. The zero-order valence-electron chi connectivity index (χ0n) is 14.7. The normalized spacial score (nSPS) is 13.0. The number of hydrogen-bond donors (Lipinski definition) is 2. The summed E-state index contributed by atoms with van der Waals surface area (Å²) in [6.07, 6.45) is 0. The summed E-state index contributed by atoms with van der Waals surface area (Å²) in [4.78, 5) is 13.6. The monoisotopic (exact) mass is 322 g/mol. The Labute approximate surface area is 143 Å². The third-order valence-electron chi connectivity index (χ3n) is 4.41. The lowest BCUT2D eigenvalue weighted by molar-refractivity contribution is -0.907. The molecule has 0 aliphatic carbocycles. The summed E-state index contributed by atoms with van der Waals surface area (Å²) in [6.45, 7) is 6.86. The fourth-order valence-corrected chi connectivity index (χ4v) is 2.65. The molecule has 0 heterocycles. The van der Waals surface area contributed by atoms with Crippen molar-refractivity contribution in [3.8, 4) is 6.07 Å². The van der Waals surface area contributed by atoms with E-state index in [-0.39, 0.29) is 11.9 Å². The van der Waals surface area contributed by atoms with E-state index in [4.69, 9.17) is 5.26 Å². The van der Waals surface area contributed by atoms with Crippen molar-refractivity contribution in [3.63, 3.8) is 0 Å². The number of likely N-dealkylation sites (N-methyl/N-ethyl adjacent to an activating group) is 1. The number of anilines is 1. The summed E-state index contributed by atoms with van der Waals surface area (Å²) in [5.74, 6) is -0.0834. The van der Waals surface area contributed by atoms with Crippen molar-refractivity contribution in [1.29, 1.82) is 5.26 Å². The Balaban J connectivity index is 2.05. The van der Waals surface area contributed by atoms with E-state index in [1.54, 1.807) is 18.2 Å². The summed E-state index contributed by atoms with van der Waals surface area (Å²) in [5, 5.41) is 12.0. The van der Waals surface area contributed by atoms with E-state index in [9.17, 15) is 4.79 Å². The number of quaternary nitrogens is 1. The van der Waals surface area contributed by atoms with Gasteiger partial charge in [-0.05, 0) is 38.5 Å². The van der Waals surface area contributed by atoms with Gasteiger partial charge in [0.15, 0.2) is 6.04 Å². The van der Waals surface area contributed by atoms with Gasteiger partial charge in [0.2, 0.25) is 0 Å². The first-order valence-electron chi connectivity index (χ1n) is 8.10. The van der Waals surface area contributed by atoms with E-state index in [0.29, 0.717) is 11.3 Å². The number of aryl methyl sites for hydroxylation is 2. The van der Waals surface area contributed by atoms with Crippen LogP contribution in [-0.2, 0) is 11.3 Å². The maximum Gasteiger partial charge on any atom is 0.282 e. The Bertz CT molecular complexity index is 777. The molecule has 2 rings (SSSR count). The second-order valence-electron chi connectivity index (χ2n) is 6.32. The lowest BCUT2D eigenvalue weighted by Crippen LogP contribution is -3.12. The summed E-state index contributed by atoms with van der Waals surface area (Å²) >= 11 is 0. The lowest BCUT2D eigenvalue weighted by Gasteiger charge is -2.22. The van der Waals surface area contributed by atoms with Crippen LogP contribution >= 0.6 is 0 Å². The van der Waals surface area contributed by atoms with E-state index in [1.165, 1.54) is 16.7 Å². The van der Waals surface area contributed by atoms with Gasteiger partial charge >= 0.3 is 0 Å². The average molecular weight is 322 g/mol. The Morgan fingerprint density at radius 3 is 2.62 bits per heavy atom. The zero-order chi connectivity index (χ0) is 17.7.